The monoisotopic (exact) mass is 234 g/mol. The highest BCUT2D eigenvalue weighted by Crippen LogP contribution is 2.35. The van der Waals surface area contributed by atoms with E-state index in [1.165, 1.54) is 0 Å². The quantitative estimate of drug-likeness (QED) is 0.576. The van der Waals surface area contributed by atoms with E-state index >= 15 is 0 Å². The fourth-order valence-corrected chi connectivity index (χ4v) is 1.21. The zero-order chi connectivity index (χ0) is 9.30. The second kappa shape index (κ2) is 3.10. The molecule has 0 bridgehead atoms. The first-order valence-electron chi connectivity index (χ1n) is 2.93. The SMILES string of the molecule is O=Cc1c(Br)cc(F)c(O)c1O. The van der Waals surface area contributed by atoms with Crippen molar-refractivity contribution in [2.24, 2.45) is 0 Å². The lowest BCUT2D eigenvalue weighted by molar-refractivity contribution is 0.111. The summed E-state index contributed by atoms with van der Waals surface area (Å²) in [5, 5.41) is 17.8. The maximum Gasteiger partial charge on any atom is 0.194 e. The maximum atomic E-state index is 12.6. The zero-order valence-electron chi connectivity index (χ0n) is 5.71. The van der Waals surface area contributed by atoms with Gasteiger partial charge in [0, 0.05) is 4.47 Å². The Kier molecular flexibility index (Phi) is 2.32. The predicted molar refractivity (Wildman–Crippen MR) is 42.8 cm³/mol. The highest BCUT2D eigenvalue weighted by atomic mass is 79.9. The van der Waals surface area contributed by atoms with Crippen LogP contribution in [-0.4, -0.2) is 16.5 Å². The molecule has 0 radical (unpaired) electrons. The second-order valence-corrected chi connectivity index (χ2v) is 2.92. The van der Waals surface area contributed by atoms with Gasteiger partial charge in [0.2, 0.25) is 0 Å². The van der Waals surface area contributed by atoms with E-state index < -0.39 is 17.3 Å². The van der Waals surface area contributed by atoms with Crippen molar-refractivity contribution in [3.05, 3.63) is 21.9 Å². The van der Waals surface area contributed by atoms with Gasteiger partial charge in [-0.3, -0.25) is 4.79 Å². The van der Waals surface area contributed by atoms with Gasteiger partial charge >= 0.3 is 0 Å². The van der Waals surface area contributed by atoms with Crippen LogP contribution in [-0.2, 0) is 0 Å². The first-order valence-corrected chi connectivity index (χ1v) is 3.72. The van der Waals surface area contributed by atoms with E-state index in [9.17, 15) is 9.18 Å². The van der Waals surface area contributed by atoms with E-state index in [-0.39, 0.29) is 10.0 Å². The van der Waals surface area contributed by atoms with Gasteiger partial charge in [-0.25, -0.2) is 4.39 Å². The van der Waals surface area contributed by atoms with Crippen LogP contribution in [0.3, 0.4) is 0 Å². The molecule has 1 rings (SSSR count). The molecule has 5 heteroatoms. The van der Waals surface area contributed by atoms with Gasteiger partial charge in [-0.1, -0.05) is 0 Å². The van der Waals surface area contributed by atoms with Crippen LogP contribution < -0.4 is 0 Å². The summed E-state index contributed by atoms with van der Waals surface area (Å²) in [6.07, 6.45) is 0.318. The number of hydrogen-bond donors (Lipinski definition) is 2. The largest absolute Gasteiger partial charge is 0.504 e. The lowest BCUT2D eigenvalue weighted by atomic mass is 10.2. The summed E-state index contributed by atoms with van der Waals surface area (Å²) in [7, 11) is 0. The van der Waals surface area contributed by atoms with E-state index in [1.54, 1.807) is 0 Å². The van der Waals surface area contributed by atoms with Crippen LogP contribution in [0, 0.1) is 5.82 Å². The van der Waals surface area contributed by atoms with Crippen LogP contribution in [0.1, 0.15) is 10.4 Å². The Labute approximate surface area is 75.6 Å². The smallest absolute Gasteiger partial charge is 0.194 e. The average Bonchev–Trinajstić information content (AvgIpc) is 2.01. The molecule has 0 heterocycles. The summed E-state index contributed by atoms with van der Waals surface area (Å²) >= 11 is 2.85. The Balaban J connectivity index is 3.51. The van der Waals surface area contributed by atoms with E-state index in [2.05, 4.69) is 15.9 Å². The molecule has 0 spiro atoms. The topological polar surface area (TPSA) is 57.5 Å². The Bertz CT molecular complexity index is 338. The molecule has 0 aromatic heterocycles. The molecule has 1 aromatic rings. The highest BCUT2D eigenvalue weighted by Gasteiger charge is 2.14. The van der Waals surface area contributed by atoms with Crippen LogP contribution >= 0.6 is 15.9 Å². The van der Waals surface area contributed by atoms with Crippen LogP contribution in [0.5, 0.6) is 11.5 Å². The van der Waals surface area contributed by atoms with Gasteiger partial charge in [-0.2, -0.15) is 0 Å². The number of phenolic OH excluding ortho intramolecular Hbond substituents is 2. The number of rotatable bonds is 1. The third kappa shape index (κ3) is 1.27. The number of phenols is 2. The van der Waals surface area contributed by atoms with E-state index in [4.69, 9.17) is 10.2 Å². The molecule has 0 aliphatic rings. The molecule has 0 saturated carbocycles. The minimum Gasteiger partial charge on any atom is -0.504 e. The fourth-order valence-electron chi connectivity index (χ4n) is 0.723. The Morgan fingerprint density at radius 3 is 2.50 bits per heavy atom. The first kappa shape index (κ1) is 8.99. The molecule has 12 heavy (non-hydrogen) atoms. The molecule has 0 atom stereocenters. The lowest BCUT2D eigenvalue weighted by Crippen LogP contribution is -1.87. The van der Waals surface area contributed by atoms with Crippen molar-refractivity contribution in [2.75, 3.05) is 0 Å². The fraction of sp³-hybridized carbons (Fsp3) is 0. The third-order valence-electron chi connectivity index (χ3n) is 1.33. The van der Waals surface area contributed by atoms with Crippen LogP contribution in [0.4, 0.5) is 4.39 Å². The molecule has 2 N–H and O–H groups in total. The van der Waals surface area contributed by atoms with E-state index in [0.717, 1.165) is 6.07 Å². The number of aldehydes is 1. The Morgan fingerprint density at radius 2 is 2.00 bits per heavy atom. The number of carbonyl (C=O) groups excluding carboxylic acids is 1. The molecule has 64 valence electrons. The minimum absolute atomic E-state index is 0.102. The van der Waals surface area contributed by atoms with Gasteiger partial charge in [0.05, 0.1) is 5.56 Å². The third-order valence-corrected chi connectivity index (χ3v) is 1.99. The molecule has 3 nitrogen and oxygen atoms in total. The van der Waals surface area contributed by atoms with Crippen molar-refractivity contribution in [3.8, 4) is 11.5 Å². The molecule has 0 amide bonds. The number of halogens is 2. The molecular formula is C7H4BrFO3. The number of benzene rings is 1. The lowest BCUT2D eigenvalue weighted by Gasteiger charge is -2.03. The summed E-state index contributed by atoms with van der Waals surface area (Å²) in [5.74, 6) is -2.65. The molecule has 0 fully saturated rings. The van der Waals surface area contributed by atoms with Crippen molar-refractivity contribution < 1.29 is 19.4 Å². The molecule has 1 aromatic carbocycles. The zero-order valence-corrected chi connectivity index (χ0v) is 7.30. The van der Waals surface area contributed by atoms with Crippen molar-refractivity contribution in [3.63, 3.8) is 0 Å². The normalized spacial score (nSPS) is 9.83. The summed E-state index contributed by atoms with van der Waals surface area (Å²) in [4.78, 5) is 10.3. The van der Waals surface area contributed by atoms with Crippen molar-refractivity contribution in [2.45, 2.75) is 0 Å². The predicted octanol–water partition coefficient (Wildman–Crippen LogP) is 1.81. The number of aromatic hydroxyl groups is 2. The highest BCUT2D eigenvalue weighted by molar-refractivity contribution is 9.10. The van der Waals surface area contributed by atoms with Gasteiger partial charge in [0.15, 0.2) is 23.6 Å². The molecule has 0 saturated heterocycles. The standard InChI is InChI=1S/C7H4BrFO3/c8-4-1-5(9)7(12)6(11)3(4)2-10/h1-2,11-12H. The second-order valence-electron chi connectivity index (χ2n) is 2.07. The van der Waals surface area contributed by atoms with Crippen LogP contribution in [0.15, 0.2) is 10.5 Å². The maximum absolute atomic E-state index is 12.6. The summed E-state index contributed by atoms with van der Waals surface area (Å²) in [6.45, 7) is 0. The molecule has 0 unspecified atom stereocenters. The van der Waals surface area contributed by atoms with Crippen LogP contribution in [0.25, 0.3) is 0 Å². The van der Waals surface area contributed by atoms with Gasteiger partial charge in [0.25, 0.3) is 0 Å². The average molecular weight is 235 g/mol. The van der Waals surface area contributed by atoms with Crippen molar-refractivity contribution in [1.82, 2.24) is 0 Å². The number of hydrogen-bond acceptors (Lipinski definition) is 3. The van der Waals surface area contributed by atoms with Crippen LogP contribution in [0.2, 0.25) is 0 Å². The Hall–Kier alpha value is -1.10. The summed E-state index contributed by atoms with van der Waals surface area (Å²) in [5.41, 5.74) is -0.172. The Morgan fingerprint density at radius 1 is 1.42 bits per heavy atom. The van der Waals surface area contributed by atoms with Gasteiger partial charge in [-0.15, -0.1) is 0 Å². The number of carbonyl (C=O) groups is 1. The first-order chi connectivity index (χ1) is 5.57. The van der Waals surface area contributed by atoms with Crippen molar-refractivity contribution >= 4 is 22.2 Å². The van der Waals surface area contributed by atoms with E-state index in [1.807, 2.05) is 0 Å². The molecular weight excluding hydrogens is 231 g/mol. The van der Waals surface area contributed by atoms with Gasteiger partial charge in [-0.05, 0) is 22.0 Å². The van der Waals surface area contributed by atoms with Gasteiger partial charge in [0.1, 0.15) is 0 Å². The minimum atomic E-state index is -0.982. The van der Waals surface area contributed by atoms with E-state index in [0.29, 0.717) is 6.29 Å². The summed E-state index contributed by atoms with van der Waals surface area (Å²) in [6, 6.07) is 0.902. The van der Waals surface area contributed by atoms with Gasteiger partial charge < -0.3 is 10.2 Å². The molecule has 0 aliphatic carbocycles. The van der Waals surface area contributed by atoms with Crippen molar-refractivity contribution in [1.29, 1.82) is 0 Å². The molecule has 0 aliphatic heterocycles. The summed E-state index contributed by atoms with van der Waals surface area (Å²) < 4.78 is 12.7.